The molecule has 0 aromatic rings. The molecule has 6 heteroatoms. The Morgan fingerprint density at radius 3 is 2.30 bits per heavy atom. The molecule has 0 aliphatic carbocycles. The molecule has 0 bridgehead atoms. The Labute approximate surface area is 58.3 Å². The van der Waals surface area contributed by atoms with Crippen LogP contribution in [-0.4, -0.2) is 42.6 Å². The third-order valence-corrected chi connectivity index (χ3v) is 2.53. The van der Waals surface area contributed by atoms with Gasteiger partial charge in [0.15, 0.2) is 0 Å². The van der Waals surface area contributed by atoms with Gasteiger partial charge in [-0.2, -0.15) is 4.31 Å². The van der Waals surface area contributed by atoms with Crippen molar-refractivity contribution in [2.24, 2.45) is 0 Å². The van der Waals surface area contributed by atoms with Crippen molar-refractivity contribution in [1.82, 2.24) is 4.31 Å². The first-order valence-electron chi connectivity index (χ1n) is 2.62. The van der Waals surface area contributed by atoms with Gasteiger partial charge in [-0.3, -0.25) is 4.79 Å². The van der Waals surface area contributed by atoms with Gasteiger partial charge in [-0.15, -0.1) is 0 Å². The number of sulfonamides is 1. The van der Waals surface area contributed by atoms with E-state index in [1.54, 1.807) is 0 Å². The number of carboxylic acids is 1. The van der Waals surface area contributed by atoms with Crippen LogP contribution in [0, 0.1) is 0 Å². The molecule has 0 aromatic heterocycles. The molecule has 58 valence electrons. The zero-order chi connectivity index (χ0) is 7.94. The normalized spacial score (nSPS) is 31.7. The van der Waals surface area contributed by atoms with Crippen LogP contribution in [0.3, 0.4) is 0 Å². The van der Waals surface area contributed by atoms with Crippen LogP contribution in [-0.2, 0) is 14.8 Å². The van der Waals surface area contributed by atoms with E-state index in [9.17, 15) is 13.2 Å². The van der Waals surface area contributed by atoms with Crippen LogP contribution in [0.25, 0.3) is 0 Å². The van der Waals surface area contributed by atoms with E-state index in [0.29, 0.717) is 0 Å². The highest BCUT2D eigenvalue weighted by molar-refractivity contribution is 7.88. The van der Waals surface area contributed by atoms with Crippen molar-refractivity contribution in [3.8, 4) is 0 Å². The zero-order valence-electron chi connectivity index (χ0n) is 5.31. The van der Waals surface area contributed by atoms with Gasteiger partial charge >= 0.3 is 5.97 Å². The molecule has 1 heterocycles. The molecular weight excluding hydrogens is 158 g/mol. The highest BCUT2D eigenvalue weighted by Crippen LogP contribution is 2.20. The van der Waals surface area contributed by atoms with Crippen LogP contribution in [0.15, 0.2) is 0 Å². The average molecular weight is 165 g/mol. The Bertz CT molecular complexity index is 256. The number of hydrogen-bond donors (Lipinski definition) is 1. The molecule has 10 heavy (non-hydrogen) atoms. The van der Waals surface area contributed by atoms with E-state index in [-0.39, 0.29) is 6.54 Å². The quantitative estimate of drug-likeness (QED) is 0.517. The van der Waals surface area contributed by atoms with Crippen LogP contribution < -0.4 is 0 Å². The lowest BCUT2D eigenvalue weighted by Gasteiger charge is -1.94. The van der Waals surface area contributed by atoms with Crippen LogP contribution in [0.2, 0.25) is 0 Å². The van der Waals surface area contributed by atoms with Gasteiger partial charge in [-0.25, -0.2) is 8.42 Å². The standard InChI is InChI=1S/C4H7NO4S/c1-10(8,9)5-2-3(5)4(6)7/h3H,2H2,1H3,(H,6,7). The zero-order valence-corrected chi connectivity index (χ0v) is 6.13. The summed E-state index contributed by atoms with van der Waals surface area (Å²) in [5, 5.41) is 8.28. The molecule has 0 saturated carbocycles. The van der Waals surface area contributed by atoms with E-state index in [2.05, 4.69) is 0 Å². The van der Waals surface area contributed by atoms with Gasteiger partial charge in [-0.1, -0.05) is 0 Å². The summed E-state index contributed by atoms with van der Waals surface area (Å²) in [5.41, 5.74) is 0. The van der Waals surface area contributed by atoms with Crippen molar-refractivity contribution in [3.63, 3.8) is 0 Å². The Kier molecular flexibility index (Phi) is 1.44. The van der Waals surface area contributed by atoms with Gasteiger partial charge in [0.1, 0.15) is 6.04 Å². The highest BCUT2D eigenvalue weighted by Gasteiger charge is 2.46. The molecule has 1 aliphatic rings. The Balaban J connectivity index is 2.64. The number of rotatable bonds is 2. The number of carboxylic acid groups (broad SMARTS) is 1. The fourth-order valence-corrected chi connectivity index (χ4v) is 1.66. The lowest BCUT2D eigenvalue weighted by Crippen LogP contribution is -2.17. The summed E-state index contributed by atoms with van der Waals surface area (Å²) in [6.07, 6.45) is 0.996. The SMILES string of the molecule is CS(=O)(=O)N1CC1C(=O)O. The molecular formula is C4H7NO4S. The minimum absolute atomic E-state index is 0.119. The summed E-state index contributed by atoms with van der Waals surface area (Å²) in [7, 11) is -3.27. The molecule has 5 nitrogen and oxygen atoms in total. The Morgan fingerprint density at radius 2 is 2.20 bits per heavy atom. The minimum Gasteiger partial charge on any atom is -0.480 e. The number of carbonyl (C=O) groups is 1. The van der Waals surface area contributed by atoms with Crippen LogP contribution in [0.5, 0.6) is 0 Å². The van der Waals surface area contributed by atoms with Gasteiger partial charge in [0.2, 0.25) is 10.0 Å². The fourth-order valence-electron chi connectivity index (χ4n) is 0.691. The molecule has 2 atom stereocenters. The van der Waals surface area contributed by atoms with E-state index >= 15 is 0 Å². The van der Waals surface area contributed by atoms with E-state index in [4.69, 9.17) is 5.11 Å². The van der Waals surface area contributed by atoms with Crippen LogP contribution in [0.4, 0.5) is 0 Å². The van der Waals surface area contributed by atoms with Crippen molar-refractivity contribution in [2.75, 3.05) is 12.8 Å². The smallest absolute Gasteiger partial charge is 0.323 e. The second-order valence-corrected chi connectivity index (χ2v) is 4.12. The summed E-state index contributed by atoms with van der Waals surface area (Å²) in [4.78, 5) is 10.1. The fraction of sp³-hybridized carbons (Fsp3) is 0.750. The average Bonchev–Trinajstić information content (AvgIpc) is 2.35. The first-order valence-corrected chi connectivity index (χ1v) is 4.47. The molecule has 1 N–H and O–H groups in total. The van der Waals surface area contributed by atoms with E-state index in [1.807, 2.05) is 0 Å². The van der Waals surface area contributed by atoms with Gasteiger partial charge in [0, 0.05) is 6.54 Å². The molecule has 0 radical (unpaired) electrons. The van der Waals surface area contributed by atoms with Crippen molar-refractivity contribution in [3.05, 3.63) is 0 Å². The third-order valence-electron chi connectivity index (χ3n) is 1.28. The number of aliphatic carboxylic acids is 1. The van der Waals surface area contributed by atoms with Crippen molar-refractivity contribution >= 4 is 16.0 Å². The molecule has 0 aromatic carbocycles. The molecule has 1 saturated heterocycles. The van der Waals surface area contributed by atoms with E-state index < -0.39 is 22.0 Å². The lowest BCUT2D eigenvalue weighted by molar-refractivity contribution is -0.136. The molecule has 1 aliphatic heterocycles. The second kappa shape index (κ2) is 1.93. The van der Waals surface area contributed by atoms with Crippen LogP contribution >= 0.6 is 0 Å². The second-order valence-electron chi connectivity index (χ2n) is 2.19. The maximum atomic E-state index is 10.6. The van der Waals surface area contributed by atoms with E-state index in [1.165, 1.54) is 0 Å². The Morgan fingerprint density at radius 1 is 1.70 bits per heavy atom. The van der Waals surface area contributed by atoms with Crippen molar-refractivity contribution in [2.45, 2.75) is 6.04 Å². The topological polar surface area (TPSA) is 74.5 Å². The maximum Gasteiger partial charge on any atom is 0.323 e. The number of hydrogen-bond acceptors (Lipinski definition) is 3. The summed E-state index contributed by atoms with van der Waals surface area (Å²) in [6.45, 7) is 0.119. The highest BCUT2D eigenvalue weighted by atomic mass is 32.2. The van der Waals surface area contributed by atoms with E-state index in [0.717, 1.165) is 10.6 Å². The van der Waals surface area contributed by atoms with Gasteiger partial charge < -0.3 is 5.11 Å². The van der Waals surface area contributed by atoms with Gasteiger partial charge in [0.25, 0.3) is 0 Å². The first-order chi connectivity index (χ1) is 4.43. The molecule has 2 unspecified atom stereocenters. The summed E-state index contributed by atoms with van der Waals surface area (Å²) >= 11 is 0. The van der Waals surface area contributed by atoms with Crippen LogP contribution in [0.1, 0.15) is 0 Å². The van der Waals surface area contributed by atoms with Gasteiger partial charge in [0.05, 0.1) is 6.26 Å². The van der Waals surface area contributed by atoms with Crippen molar-refractivity contribution < 1.29 is 18.3 Å². The predicted molar refractivity (Wildman–Crippen MR) is 33.0 cm³/mol. The Hall–Kier alpha value is -0.620. The largest absolute Gasteiger partial charge is 0.480 e. The molecule has 0 amide bonds. The summed E-state index contributed by atoms with van der Waals surface area (Å²) in [5.74, 6) is -1.08. The monoisotopic (exact) mass is 165 g/mol. The minimum atomic E-state index is -3.27. The molecule has 1 fully saturated rings. The maximum absolute atomic E-state index is 10.6. The summed E-state index contributed by atoms with van der Waals surface area (Å²) < 4.78 is 22.1. The predicted octanol–water partition coefficient (Wildman–Crippen LogP) is -1.29. The molecule has 0 spiro atoms. The molecule has 1 rings (SSSR count). The third kappa shape index (κ3) is 1.27. The number of nitrogens with zero attached hydrogens (tertiary/aromatic N) is 1. The van der Waals surface area contributed by atoms with Crippen molar-refractivity contribution in [1.29, 1.82) is 0 Å². The lowest BCUT2D eigenvalue weighted by atomic mass is 10.5. The van der Waals surface area contributed by atoms with Gasteiger partial charge in [-0.05, 0) is 0 Å². The first kappa shape index (κ1) is 7.49. The summed E-state index contributed by atoms with van der Waals surface area (Å²) in [6, 6.07) is -0.810.